The van der Waals surface area contributed by atoms with E-state index >= 15 is 0 Å². The maximum Gasteiger partial charge on any atom is 0.416 e. The second-order valence-corrected chi connectivity index (χ2v) is 8.18. The van der Waals surface area contributed by atoms with Crippen molar-refractivity contribution < 1.29 is 14.3 Å². The van der Waals surface area contributed by atoms with Crippen LogP contribution in [0.25, 0.3) is 0 Å². The second-order valence-electron chi connectivity index (χ2n) is 8.18. The molecule has 3 atom stereocenters. The number of carbonyl (C=O) groups is 2. The smallest absolute Gasteiger partial charge is 0.416 e. The molecule has 1 aromatic carbocycles. The Morgan fingerprint density at radius 3 is 2.56 bits per heavy atom. The number of rotatable bonds is 3. The number of amides is 2. The predicted octanol–water partition coefficient (Wildman–Crippen LogP) is 4.53. The van der Waals surface area contributed by atoms with Gasteiger partial charge in [0.25, 0.3) is 0 Å². The maximum absolute atomic E-state index is 12.5. The molecular weight excluding hydrogens is 314 g/mol. The zero-order valence-corrected chi connectivity index (χ0v) is 15.5. The lowest BCUT2D eigenvalue weighted by Gasteiger charge is -2.44. The lowest BCUT2D eigenvalue weighted by molar-refractivity contribution is -0.127. The molecule has 0 N–H and O–H groups in total. The van der Waals surface area contributed by atoms with Gasteiger partial charge in [0.2, 0.25) is 5.91 Å². The van der Waals surface area contributed by atoms with Crippen LogP contribution in [0.5, 0.6) is 0 Å². The highest BCUT2D eigenvalue weighted by Crippen LogP contribution is 2.43. The Kier molecular flexibility index (Phi) is 5.16. The number of hydrogen-bond donors (Lipinski definition) is 0. The van der Waals surface area contributed by atoms with Crippen molar-refractivity contribution in [1.29, 1.82) is 0 Å². The molecule has 4 heteroatoms. The quantitative estimate of drug-likeness (QED) is 0.810. The van der Waals surface area contributed by atoms with Gasteiger partial charge in [0.1, 0.15) is 6.10 Å². The van der Waals surface area contributed by atoms with Gasteiger partial charge < -0.3 is 4.74 Å². The van der Waals surface area contributed by atoms with Gasteiger partial charge in [-0.25, -0.2) is 9.69 Å². The standard InChI is InChI=1S/C21H29NO3/c1-15-11-12-17(21(2,3)16-8-5-4-6-9-16)18(14-15)25-20(24)22-13-7-10-19(22)23/h4-6,8-9,15,17-18H,7,10-14H2,1-3H3/t15-,17-,18-/m1/s1. The molecule has 136 valence electrons. The van der Waals surface area contributed by atoms with Crippen LogP contribution >= 0.6 is 0 Å². The van der Waals surface area contributed by atoms with E-state index in [0.717, 1.165) is 25.7 Å². The van der Waals surface area contributed by atoms with Crippen LogP contribution in [0.3, 0.4) is 0 Å². The number of likely N-dealkylation sites (tertiary alicyclic amines) is 1. The van der Waals surface area contributed by atoms with Gasteiger partial charge >= 0.3 is 6.09 Å². The fourth-order valence-corrected chi connectivity index (χ4v) is 4.40. The lowest BCUT2D eigenvalue weighted by Crippen LogP contribution is -2.45. The van der Waals surface area contributed by atoms with Crippen LogP contribution in [0.2, 0.25) is 0 Å². The maximum atomic E-state index is 12.5. The highest BCUT2D eigenvalue weighted by molar-refractivity contribution is 5.93. The SMILES string of the molecule is C[C@@H]1CC[C@@H](C(C)(C)c2ccccc2)[C@H](OC(=O)N2CCCC2=O)C1. The molecule has 1 heterocycles. The summed E-state index contributed by atoms with van der Waals surface area (Å²) in [6, 6.07) is 10.5. The molecule has 4 nitrogen and oxygen atoms in total. The van der Waals surface area contributed by atoms with Crippen molar-refractivity contribution in [3.05, 3.63) is 35.9 Å². The number of imide groups is 1. The number of ether oxygens (including phenoxy) is 1. The summed E-state index contributed by atoms with van der Waals surface area (Å²) in [5, 5.41) is 0. The molecule has 0 spiro atoms. The molecular formula is C21H29NO3. The van der Waals surface area contributed by atoms with Crippen molar-refractivity contribution in [1.82, 2.24) is 4.90 Å². The highest BCUT2D eigenvalue weighted by Gasteiger charge is 2.43. The van der Waals surface area contributed by atoms with Crippen molar-refractivity contribution in [2.75, 3.05) is 6.54 Å². The summed E-state index contributed by atoms with van der Waals surface area (Å²) in [5.41, 5.74) is 1.19. The summed E-state index contributed by atoms with van der Waals surface area (Å²) in [5.74, 6) is 0.690. The Morgan fingerprint density at radius 2 is 1.92 bits per heavy atom. The third kappa shape index (κ3) is 3.73. The number of hydrogen-bond acceptors (Lipinski definition) is 3. The Balaban J connectivity index is 1.79. The minimum Gasteiger partial charge on any atom is -0.445 e. The fourth-order valence-electron chi connectivity index (χ4n) is 4.40. The van der Waals surface area contributed by atoms with Crippen LogP contribution in [0.1, 0.15) is 58.4 Å². The average Bonchev–Trinajstić information content (AvgIpc) is 3.01. The molecule has 2 fully saturated rings. The summed E-state index contributed by atoms with van der Waals surface area (Å²) >= 11 is 0. The third-order valence-electron chi connectivity index (χ3n) is 6.04. The molecule has 1 saturated carbocycles. The van der Waals surface area contributed by atoms with Crippen molar-refractivity contribution in [3.8, 4) is 0 Å². The molecule has 0 unspecified atom stereocenters. The molecule has 0 bridgehead atoms. The van der Waals surface area contributed by atoms with E-state index in [2.05, 4.69) is 45.0 Å². The van der Waals surface area contributed by atoms with Gasteiger partial charge in [0.05, 0.1) is 0 Å². The zero-order chi connectivity index (χ0) is 18.0. The van der Waals surface area contributed by atoms with E-state index in [0.29, 0.717) is 18.9 Å². The molecule has 0 aromatic heterocycles. The van der Waals surface area contributed by atoms with E-state index in [4.69, 9.17) is 4.74 Å². The second kappa shape index (κ2) is 7.19. The Morgan fingerprint density at radius 1 is 1.20 bits per heavy atom. The minimum absolute atomic E-state index is 0.0820. The van der Waals surface area contributed by atoms with E-state index in [1.54, 1.807) is 0 Å². The molecule has 0 radical (unpaired) electrons. The Bertz CT molecular complexity index is 625. The third-order valence-corrected chi connectivity index (χ3v) is 6.04. The predicted molar refractivity (Wildman–Crippen MR) is 97.2 cm³/mol. The van der Waals surface area contributed by atoms with Gasteiger partial charge in [0, 0.05) is 18.9 Å². The summed E-state index contributed by atoms with van der Waals surface area (Å²) in [6.07, 6.45) is 3.67. The largest absolute Gasteiger partial charge is 0.445 e. The van der Waals surface area contributed by atoms with E-state index in [1.807, 2.05) is 6.07 Å². The first-order valence-electron chi connectivity index (χ1n) is 9.46. The number of benzene rings is 1. The normalized spacial score (nSPS) is 27.4. The van der Waals surface area contributed by atoms with Crippen molar-refractivity contribution in [2.45, 2.75) is 64.4 Å². The molecule has 3 rings (SSSR count). The molecule has 1 aliphatic heterocycles. The van der Waals surface area contributed by atoms with Gasteiger partial charge in [0.15, 0.2) is 0 Å². The van der Waals surface area contributed by atoms with Gasteiger partial charge in [-0.1, -0.05) is 57.5 Å². The Labute approximate surface area is 150 Å². The first-order chi connectivity index (χ1) is 11.9. The van der Waals surface area contributed by atoms with E-state index < -0.39 is 6.09 Å². The summed E-state index contributed by atoms with van der Waals surface area (Å²) in [6.45, 7) is 7.19. The molecule has 1 aliphatic carbocycles. The van der Waals surface area contributed by atoms with Crippen molar-refractivity contribution in [3.63, 3.8) is 0 Å². The summed E-state index contributed by atoms with van der Waals surface area (Å²) in [7, 11) is 0. The minimum atomic E-state index is -0.449. The number of nitrogens with zero attached hydrogens (tertiary/aromatic N) is 1. The van der Waals surface area contributed by atoms with E-state index in [9.17, 15) is 9.59 Å². The van der Waals surface area contributed by atoms with Gasteiger partial charge in [-0.2, -0.15) is 0 Å². The van der Waals surface area contributed by atoms with Crippen LogP contribution in [0.4, 0.5) is 4.79 Å². The Hall–Kier alpha value is -1.84. The van der Waals surface area contributed by atoms with Crippen LogP contribution in [0, 0.1) is 11.8 Å². The molecule has 2 amide bonds. The molecule has 1 saturated heterocycles. The lowest BCUT2D eigenvalue weighted by atomic mass is 9.64. The molecule has 2 aliphatic rings. The van der Waals surface area contributed by atoms with Gasteiger partial charge in [-0.15, -0.1) is 0 Å². The van der Waals surface area contributed by atoms with E-state index in [1.165, 1.54) is 10.5 Å². The monoisotopic (exact) mass is 343 g/mol. The van der Waals surface area contributed by atoms with E-state index in [-0.39, 0.29) is 23.3 Å². The van der Waals surface area contributed by atoms with Gasteiger partial charge in [-0.05, 0) is 36.2 Å². The topological polar surface area (TPSA) is 46.6 Å². The zero-order valence-electron chi connectivity index (χ0n) is 15.5. The van der Waals surface area contributed by atoms with Crippen LogP contribution in [-0.4, -0.2) is 29.5 Å². The number of carbonyl (C=O) groups excluding carboxylic acids is 2. The first-order valence-corrected chi connectivity index (χ1v) is 9.46. The molecule has 1 aromatic rings. The molecule has 25 heavy (non-hydrogen) atoms. The van der Waals surface area contributed by atoms with Crippen LogP contribution in [-0.2, 0) is 14.9 Å². The van der Waals surface area contributed by atoms with Crippen molar-refractivity contribution in [2.24, 2.45) is 11.8 Å². The fraction of sp³-hybridized carbons (Fsp3) is 0.619. The summed E-state index contributed by atoms with van der Waals surface area (Å²) in [4.78, 5) is 25.7. The average molecular weight is 343 g/mol. The highest BCUT2D eigenvalue weighted by atomic mass is 16.6. The summed E-state index contributed by atoms with van der Waals surface area (Å²) < 4.78 is 5.90. The van der Waals surface area contributed by atoms with Gasteiger partial charge in [-0.3, -0.25) is 4.79 Å². The van der Waals surface area contributed by atoms with Crippen molar-refractivity contribution >= 4 is 12.0 Å². The van der Waals surface area contributed by atoms with Crippen LogP contribution in [0.15, 0.2) is 30.3 Å². The van der Waals surface area contributed by atoms with Crippen LogP contribution < -0.4 is 0 Å². The first kappa shape index (κ1) is 18.0.